The van der Waals surface area contributed by atoms with E-state index in [1.165, 1.54) is 11.3 Å². The highest BCUT2D eigenvalue weighted by Crippen LogP contribution is 2.37. The molecule has 182 valence electrons. The van der Waals surface area contributed by atoms with Gasteiger partial charge in [-0.1, -0.05) is 11.2 Å². The number of phenols is 1. The number of benzene rings is 2. The van der Waals surface area contributed by atoms with Crippen molar-refractivity contribution < 1.29 is 14.4 Å². The second kappa shape index (κ2) is 9.27. The minimum Gasteiger partial charge on any atom is -0.508 e. The number of rotatable bonds is 6. The molecule has 0 atom stereocenters. The van der Waals surface area contributed by atoms with Crippen molar-refractivity contribution in [2.24, 2.45) is 0 Å². The molecule has 5 aromatic rings. The number of nitrogens with one attached hydrogen (secondary N) is 1. The maximum Gasteiger partial charge on any atom is 0.273 e. The van der Waals surface area contributed by atoms with Crippen LogP contribution < -0.4 is 11.1 Å². The van der Waals surface area contributed by atoms with Crippen molar-refractivity contribution >= 4 is 28.7 Å². The van der Waals surface area contributed by atoms with E-state index in [4.69, 9.17) is 10.3 Å². The number of aromatic nitrogens is 5. The molecule has 3 aromatic heterocycles. The number of hydrogen-bond donors (Lipinski definition) is 3. The van der Waals surface area contributed by atoms with Crippen LogP contribution in [0.1, 0.15) is 28.7 Å². The van der Waals surface area contributed by atoms with Gasteiger partial charge in [-0.15, -0.1) is 11.3 Å². The summed E-state index contributed by atoms with van der Waals surface area (Å²) in [6.07, 6.45) is 0. The van der Waals surface area contributed by atoms with Crippen LogP contribution in [0.15, 0.2) is 53.1 Å². The second-order valence-electron chi connectivity index (χ2n) is 8.17. The maximum atomic E-state index is 12.8. The van der Waals surface area contributed by atoms with Crippen LogP contribution in [-0.4, -0.2) is 35.9 Å². The Morgan fingerprint density at radius 1 is 1.14 bits per heavy atom. The molecule has 0 aliphatic carbocycles. The van der Waals surface area contributed by atoms with E-state index in [-0.39, 0.29) is 23.4 Å². The third-order valence-corrected chi connectivity index (χ3v) is 6.67. The summed E-state index contributed by atoms with van der Waals surface area (Å²) in [5.41, 5.74) is 10.5. The number of thiazole rings is 1. The van der Waals surface area contributed by atoms with Gasteiger partial charge in [0.1, 0.15) is 27.1 Å². The van der Waals surface area contributed by atoms with Crippen LogP contribution in [0.2, 0.25) is 0 Å². The zero-order chi connectivity index (χ0) is 25.4. The Morgan fingerprint density at radius 2 is 1.92 bits per heavy atom. The summed E-state index contributed by atoms with van der Waals surface area (Å²) in [6.45, 7) is 6.31. The molecule has 0 aliphatic heterocycles. The van der Waals surface area contributed by atoms with Gasteiger partial charge in [-0.25, -0.2) is 4.98 Å². The van der Waals surface area contributed by atoms with Crippen LogP contribution in [0.3, 0.4) is 0 Å². The molecule has 4 N–H and O–H groups in total. The van der Waals surface area contributed by atoms with E-state index in [1.54, 1.807) is 41.1 Å². The van der Waals surface area contributed by atoms with Gasteiger partial charge in [-0.05, 0) is 68.8 Å². The van der Waals surface area contributed by atoms with Gasteiger partial charge in [-0.2, -0.15) is 10.1 Å². The highest BCUT2D eigenvalue weighted by molar-refractivity contribution is 7.18. The van der Waals surface area contributed by atoms with E-state index in [0.717, 1.165) is 16.8 Å². The Labute approximate surface area is 210 Å². The third kappa shape index (κ3) is 4.43. The fourth-order valence-electron chi connectivity index (χ4n) is 3.74. The predicted molar refractivity (Wildman–Crippen MR) is 138 cm³/mol. The maximum absolute atomic E-state index is 12.8. The fraction of sp³-hybridized carbons (Fsp3) is 0.160. The Hall–Kier alpha value is -4.51. The fourth-order valence-corrected chi connectivity index (χ4v) is 4.65. The monoisotopic (exact) mass is 501 g/mol. The van der Waals surface area contributed by atoms with Crippen LogP contribution in [0.5, 0.6) is 5.75 Å². The lowest BCUT2D eigenvalue weighted by Gasteiger charge is -2.09. The molecule has 0 fully saturated rings. The summed E-state index contributed by atoms with van der Waals surface area (Å²) >= 11 is 1.32. The first-order valence-corrected chi connectivity index (χ1v) is 12.0. The molecule has 2 aromatic carbocycles. The molecule has 1 amide bonds. The summed E-state index contributed by atoms with van der Waals surface area (Å²) in [5.74, 6) is 0.817. The highest BCUT2D eigenvalue weighted by Gasteiger charge is 2.20. The van der Waals surface area contributed by atoms with Crippen molar-refractivity contribution in [1.29, 1.82) is 0 Å². The quantitative estimate of drug-likeness (QED) is 0.298. The SMILES string of the molecule is CCn1nc(C)cc1C(=O)Nc1ccc(C)c(-c2noc(-c3sc(-c4ccc(O)cc4)nc3N)n2)c1. The number of nitrogens with zero attached hydrogens (tertiary/aromatic N) is 5. The molecule has 0 saturated heterocycles. The average molecular weight is 502 g/mol. The molecule has 3 heterocycles. The number of carbonyl (C=O) groups is 1. The van der Waals surface area contributed by atoms with Crippen molar-refractivity contribution in [3.63, 3.8) is 0 Å². The van der Waals surface area contributed by atoms with E-state index in [2.05, 4.69) is 25.5 Å². The highest BCUT2D eigenvalue weighted by atomic mass is 32.1. The molecule has 0 spiro atoms. The molecule has 0 saturated carbocycles. The summed E-state index contributed by atoms with van der Waals surface area (Å²) in [4.78, 5) is 22.4. The number of amides is 1. The van der Waals surface area contributed by atoms with Crippen LogP contribution >= 0.6 is 11.3 Å². The van der Waals surface area contributed by atoms with Gasteiger partial charge in [0.05, 0.1) is 5.69 Å². The normalized spacial score (nSPS) is 11.1. The summed E-state index contributed by atoms with van der Waals surface area (Å²) in [7, 11) is 0. The molecule has 0 bridgehead atoms. The Balaban J connectivity index is 1.42. The number of nitrogen functional groups attached to an aromatic ring is 1. The van der Waals surface area contributed by atoms with Gasteiger partial charge in [0.25, 0.3) is 11.8 Å². The van der Waals surface area contributed by atoms with Crippen molar-refractivity contribution in [1.82, 2.24) is 24.9 Å². The molecular formula is C25H23N7O3S. The van der Waals surface area contributed by atoms with E-state index in [0.29, 0.717) is 39.2 Å². The van der Waals surface area contributed by atoms with Crippen molar-refractivity contribution in [3.05, 3.63) is 65.5 Å². The van der Waals surface area contributed by atoms with Gasteiger partial charge >= 0.3 is 0 Å². The molecule has 10 nitrogen and oxygen atoms in total. The molecule has 0 unspecified atom stereocenters. The molecular weight excluding hydrogens is 478 g/mol. The van der Waals surface area contributed by atoms with Gasteiger partial charge in [0.15, 0.2) is 0 Å². The summed E-state index contributed by atoms with van der Waals surface area (Å²) in [6, 6.07) is 14.0. The third-order valence-electron chi connectivity index (χ3n) is 5.56. The van der Waals surface area contributed by atoms with E-state index >= 15 is 0 Å². The lowest BCUT2D eigenvalue weighted by molar-refractivity contribution is 0.101. The van der Waals surface area contributed by atoms with Gasteiger partial charge < -0.3 is 20.7 Å². The van der Waals surface area contributed by atoms with E-state index in [1.807, 2.05) is 32.9 Å². The number of nitrogens with two attached hydrogens (primary N) is 1. The van der Waals surface area contributed by atoms with E-state index < -0.39 is 0 Å². The van der Waals surface area contributed by atoms with Crippen molar-refractivity contribution in [2.75, 3.05) is 11.1 Å². The van der Waals surface area contributed by atoms with Gasteiger partial charge in [0, 0.05) is 23.4 Å². The number of carbonyl (C=O) groups excluding carboxylic acids is 1. The van der Waals surface area contributed by atoms with Crippen molar-refractivity contribution in [2.45, 2.75) is 27.3 Å². The zero-order valence-electron chi connectivity index (χ0n) is 19.8. The number of aromatic hydroxyl groups is 1. The second-order valence-corrected chi connectivity index (χ2v) is 9.17. The predicted octanol–water partition coefficient (Wildman–Crippen LogP) is 4.90. The average Bonchev–Trinajstić information content (AvgIpc) is 3.59. The minimum absolute atomic E-state index is 0.171. The van der Waals surface area contributed by atoms with Crippen LogP contribution in [0, 0.1) is 13.8 Å². The molecule has 36 heavy (non-hydrogen) atoms. The first-order valence-electron chi connectivity index (χ1n) is 11.2. The zero-order valence-corrected chi connectivity index (χ0v) is 20.6. The Morgan fingerprint density at radius 3 is 2.67 bits per heavy atom. The lowest BCUT2D eigenvalue weighted by Crippen LogP contribution is -2.17. The van der Waals surface area contributed by atoms with Crippen molar-refractivity contribution in [3.8, 4) is 38.5 Å². The Bertz CT molecular complexity index is 1570. The topological polar surface area (TPSA) is 145 Å². The summed E-state index contributed by atoms with van der Waals surface area (Å²) < 4.78 is 7.19. The van der Waals surface area contributed by atoms with Gasteiger partial charge in [-0.3, -0.25) is 9.48 Å². The first-order chi connectivity index (χ1) is 17.3. The molecule has 5 rings (SSSR count). The standard InChI is InChI=1S/C25H23N7O3S/c1-4-32-19(11-14(3)30-32)23(34)27-16-8-5-13(2)18(12-16)22-29-24(35-31-22)20-21(26)28-25(36-20)15-6-9-17(33)10-7-15/h5-12,33H,4,26H2,1-3H3,(H,27,34). The van der Waals surface area contributed by atoms with Crippen LogP contribution in [-0.2, 0) is 6.54 Å². The Kier molecular flexibility index (Phi) is 5.98. The van der Waals surface area contributed by atoms with E-state index in [9.17, 15) is 9.90 Å². The molecule has 0 aliphatic rings. The number of anilines is 2. The van der Waals surface area contributed by atoms with Gasteiger partial charge in [0.2, 0.25) is 5.82 Å². The smallest absolute Gasteiger partial charge is 0.273 e. The summed E-state index contributed by atoms with van der Waals surface area (Å²) in [5, 5.41) is 21.6. The number of phenolic OH excluding ortho intramolecular Hbond substituents is 1. The number of aryl methyl sites for hydroxylation is 3. The number of hydrogen-bond acceptors (Lipinski definition) is 9. The molecule has 11 heteroatoms. The minimum atomic E-state index is -0.250. The van der Waals surface area contributed by atoms with Crippen LogP contribution in [0.4, 0.5) is 11.5 Å². The first kappa shape index (κ1) is 23.2. The van der Waals surface area contributed by atoms with Crippen LogP contribution in [0.25, 0.3) is 32.7 Å². The molecule has 0 radical (unpaired) electrons. The largest absolute Gasteiger partial charge is 0.508 e. The lowest BCUT2D eigenvalue weighted by atomic mass is 10.1.